The highest BCUT2D eigenvalue weighted by Crippen LogP contribution is 2.32. The Morgan fingerprint density at radius 2 is 1.00 bits per heavy atom. The highest BCUT2D eigenvalue weighted by molar-refractivity contribution is 5.91. The number of carbonyl (C=O) groups excluding carboxylic acids is 1. The first-order valence-electron chi connectivity index (χ1n) is 16.0. The van der Waals surface area contributed by atoms with Gasteiger partial charge in [-0.1, -0.05) is 50.2 Å². The zero-order chi connectivity index (χ0) is 32.4. The highest BCUT2D eigenvalue weighted by Gasteiger charge is 2.25. The van der Waals surface area contributed by atoms with E-state index >= 15 is 0 Å². The van der Waals surface area contributed by atoms with Crippen LogP contribution in [0.1, 0.15) is 36.8 Å². The normalized spacial score (nSPS) is 17.6. The fourth-order valence-corrected chi connectivity index (χ4v) is 6.23. The number of piperazine rings is 2. The second kappa shape index (κ2) is 13.4. The molecule has 0 amide bonds. The number of rotatable bonds is 8. The molecule has 2 atom stereocenters. The highest BCUT2D eigenvalue weighted by atomic mass is 16.1. The van der Waals surface area contributed by atoms with E-state index in [0.29, 0.717) is 0 Å². The molecule has 0 spiro atoms. The molecule has 11 heteroatoms. The van der Waals surface area contributed by atoms with Gasteiger partial charge in [0.2, 0.25) is 11.9 Å². The van der Waals surface area contributed by atoms with E-state index in [-0.39, 0.29) is 29.5 Å². The van der Waals surface area contributed by atoms with Gasteiger partial charge in [0.25, 0.3) is 0 Å². The second-order valence-corrected chi connectivity index (χ2v) is 12.6. The van der Waals surface area contributed by atoms with Crippen molar-refractivity contribution >= 4 is 29.3 Å². The summed E-state index contributed by atoms with van der Waals surface area (Å²) in [6.45, 7) is 11.4. The van der Waals surface area contributed by atoms with Crippen LogP contribution in [0, 0.1) is 0 Å². The van der Waals surface area contributed by atoms with Crippen LogP contribution in [0.4, 0.5) is 23.5 Å². The molecule has 240 valence electrons. The topological polar surface area (TPSA) is 134 Å². The summed E-state index contributed by atoms with van der Waals surface area (Å²) in [7, 11) is 4.25. The first-order chi connectivity index (χ1) is 22.1. The molecule has 4 heterocycles. The minimum absolute atomic E-state index is 0.134. The predicted octanol–water partition coefficient (Wildman–Crippen LogP) is 3.74. The number of nitrogens with zero attached hydrogens (tertiary/aromatic N) is 8. The van der Waals surface area contributed by atoms with Gasteiger partial charge in [0.1, 0.15) is 17.4 Å². The number of nitrogen functional groups attached to an aromatic ring is 2. The van der Waals surface area contributed by atoms with Gasteiger partial charge in [-0.05, 0) is 37.4 Å². The zero-order valence-corrected chi connectivity index (χ0v) is 27.2. The Hall–Kier alpha value is -4.61. The summed E-state index contributed by atoms with van der Waals surface area (Å²) in [5.41, 5.74) is 17.5. The van der Waals surface area contributed by atoms with E-state index in [9.17, 15) is 4.79 Å². The molecule has 6 rings (SSSR count). The van der Waals surface area contributed by atoms with E-state index in [1.165, 1.54) is 0 Å². The summed E-state index contributed by atoms with van der Waals surface area (Å²) < 4.78 is 0. The van der Waals surface area contributed by atoms with Gasteiger partial charge >= 0.3 is 0 Å². The minimum Gasteiger partial charge on any atom is -0.368 e. The molecule has 0 aliphatic carbocycles. The molecule has 4 N–H and O–H groups in total. The van der Waals surface area contributed by atoms with Crippen molar-refractivity contribution in [3.8, 4) is 22.5 Å². The van der Waals surface area contributed by atoms with E-state index in [2.05, 4.69) is 53.6 Å². The number of hydrogen-bond acceptors (Lipinski definition) is 11. The molecule has 46 heavy (non-hydrogen) atoms. The molecule has 0 saturated carbocycles. The molecule has 2 aliphatic rings. The monoisotopic (exact) mass is 620 g/mol. The molecule has 0 bridgehead atoms. The van der Waals surface area contributed by atoms with Gasteiger partial charge in [-0.15, -0.1) is 0 Å². The van der Waals surface area contributed by atoms with Crippen molar-refractivity contribution in [2.75, 3.05) is 87.7 Å². The molecule has 0 radical (unpaired) electrons. The molecule has 4 aromatic rings. The Morgan fingerprint density at radius 3 is 1.39 bits per heavy atom. The Kier molecular flexibility index (Phi) is 9.14. The Morgan fingerprint density at radius 1 is 0.609 bits per heavy atom. The lowest BCUT2D eigenvalue weighted by molar-refractivity contribution is -0.121. The number of Topliss-reactive ketones (excluding diaryl/α,β-unsaturated/α-hetero) is 1. The van der Waals surface area contributed by atoms with Crippen LogP contribution < -0.4 is 21.3 Å². The van der Waals surface area contributed by atoms with Crippen molar-refractivity contribution in [2.24, 2.45) is 0 Å². The lowest BCUT2D eigenvalue weighted by Gasteiger charge is -2.33. The standard InChI is InChI=1S/C35H44N10O/c1-23(25-7-5-9-27(19-25)29-21-31(40-34(36)38-29)44-15-11-42(3)12-16-44)33(46)24(2)26-8-6-10-28(20-26)30-22-32(41-35(37)39-30)45-17-13-43(4)14-18-45/h5-10,19-24H,11-18H2,1-4H3,(H2,36,38,40)(H2,37,39,41). The number of likely N-dealkylation sites (N-methyl/N-ethyl adjacent to an activating group) is 2. The van der Waals surface area contributed by atoms with Crippen molar-refractivity contribution in [1.82, 2.24) is 29.7 Å². The number of carbonyl (C=O) groups is 1. The van der Waals surface area contributed by atoms with Crippen LogP contribution in [-0.4, -0.2) is 102 Å². The van der Waals surface area contributed by atoms with Gasteiger partial charge < -0.3 is 31.1 Å². The summed E-state index contributed by atoms with van der Waals surface area (Å²) in [6, 6.07) is 20.1. The first-order valence-corrected chi connectivity index (χ1v) is 16.0. The first kappa shape index (κ1) is 31.4. The second-order valence-electron chi connectivity index (χ2n) is 12.6. The molecular weight excluding hydrogens is 576 g/mol. The van der Waals surface area contributed by atoms with Crippen LogP contribution >= 0.6 is 0 Å². The maximum atomic E-state index is 13.9. The number of benzene rings is 2. The van der Waals surface area contributed by atoms with Crippen LogP contribution in [0.2, 0.25) is 0 Å². The summed E-state index contributed by atoms with van der Waals surface area (Å²) >= 11 is 0. The fourth-order valence-electron chi connectivity index (χ4n) is 6.23. The number of anilines is 4. The van der Waals surface area contributed by atoms with Crippen molar-refractivity contribution in [3.63, 3.8) is 0 Å². The third kappa shape index (κ3) is 6.95. The number of ketones is 1. The smallest absolute Gasteiger partial charge is 0.222 e. The van der Waals surface area contributed by atoms with Crippen LogP contribution in [-0.2, 0) is 4.79 Å². The number of aromatic nitrogens is 4. The number of nitrogens with two attached hydrogens (primary N) is 2. The van der Waals surface area contributed by atoms with Crippen molar-refractivity contribution in [3.05, 3.63) is 71.8 Å². The van der Waals surface area contributed by atoms with E-state index in [0.717, 1.165) is 97.6 Å². The van der Waals surface area contributed by atoms with Gasteiger partial charge in [0.05, 0.1) is 11.4 Å². The Balaban J connectivity index is 1.20. The van der Waals surface area contributed by atoms with Gasteiger partial charge in [0, 0.05) is 87.5 Å². The average molecular weight is 621 g/mol. The maximum absolute atomic E-state index is 13.9. The van der Waals surface area contributed by atoms with Crippen LogP contribution in [0.25, 0.3) is 22.5 Å². The van der Waals surface area contributed by atoms with Crippen LogP contribution in [0.15, 0.2) is 60.7 Å². The van der Waals surface area contributed by atoms with Crippen molar-refractivity contribution < 1.29 is 4.79 Å². The summed E-state index contributed by atoms with van der Waals surface area (Å²) in [5.74, 6) is 1.64. The average Bonchev–Trinajstić information content (AvgIpc) is 3.07. The molecule has 2 unspecified atom stereocenters. The van der Waals surface area contributed by atoms with Gasteiger partial charge in [-0.2, -0.15) is 9.97 Å². The van der Waals surface area contributed by atoms with Gasteiger partial charge in [-0.25, -0.2) is 9.97 Å². The third-order valence-electron chi connectivity index (χ3n) is 9.33. The molecular formula is C35H44N10O. The Labute approximate surface area is 271 Å². The molecule has 2 aliphatic heterocycles. The van der Waals surface area contributed by atoms with Gasteiger partial charge in [0.15, 0.2) is 0 Å². The summed E-state index contributed by atoms with van der Waals surface area (Å²) in [5, 5.41) is 0. The lowest BCUT2D eigenvalue weighted by Crippen LogP contribution is -2.44. The van der Waals surface area contributed by atoms with Gasteiger partial charge in [-0.3, -0.25) is 4.79 Å². The molecule has 2 aromatic heterocycles. The molecule has 11 nitrogen and oxygen atoms in total. The summed E-state index contributed by atoms with van der Waals surface area (Å²) in [4.78, 5) is 41.1. The largest absolute Gasteiger partial charge is 0.368 e. The van der Waals surface area contributed by atoms with Crippen molar-refractivity contribution in [2.45, 2.75) is 25.7 Å². The minimum atomic E-state index is -0.326. The van der Waals surface area contributed by atoms with Crippen LogP contribution in [0.3, 0.4) is 0 Å². The fraction of sp³-hybridized carbons (Fsp3) is 0.400. The summed E-state index contributed by atoms with van der Waals surface area (Å²) in [6.07, 6.45) is 0. The van der Waals surface area contributed by atoms with E-state index < -0.39 is 0 Å². The lowest BCUT2D eigenvalue weighted by atomic mass is 9.84. The quantitative estimate of drug-likeness (QED) is 0.298. The molecule has 2 aromatic carbocycles. The molecule has 2 fully saturated rings. The maximum Gasteiger partial charge on any atom is 0.222 e. The van der Waals surface area contributed by atoms with Crippen molar-refractivity contribution in [1.29, 1.82) is 0 Å². The van der Waals surface area contributed by atoms with Crippen LogP contribution in [0.5, 0.6) is 0 Å². The molecule has 2 saturated heterocycles. The van der Waals surface area contributed by atoms with E-state index in [4.69, 9.17) is 11.5 Å². The number of hydrogen-bond donors (Lipinski definition) is 2. The Bertz CT molecular complexity index is 1570. The predicted molar refractivity (Wildman–Crippen MR) is 185 cm³/mol. The van der Waals surface area contributed by atoms with E-state index in [1.807, 2.05) is 74.5 Å². The van der Waals surface area contributed by atoms with E-state index in [1.54, 1.807) is 0 Å². The third-order valence-corrected chi connectivity index (χ3v) is 9.33. The SMILES string of the molecule is CC(C(=O)C(C)c1cccc(-c2cc(N3CCN(C)CC3)nc(N)n2)c1)c1cccc(-c2cc(N3CCN(C)CC3)nc(N)n2)c1. The zero-order valence-electron chi connectivity index (χ0n) is 27.2.